The predicted molar refractivity (Wildman–Crippen MR) is 47.4 cm³/mol. The van der Waals surface area contributed by atoms with E-state index in [1.54, 1.807) is 0 Å². The molecule has 0 aromatic carbocycles. The Morgan fingerprint density at radius 1 is 1.27 bits per heavy atom. The molecule has 0 aromatic heterocycles. The second-order valence-electron chi connectivity index (χ2n) is 2.88. The van der Waals surface area contributed by atoms with E-state index in [2.05, 4.69) is 13.8 Å². The molecule has 0 spiro atoms. The van der Waals surface area contributed by atoms with Gasteiger partial charge in [0.25, 0.3) is 0 Å². The number of rotatable bonds is 6. The first-order valence-corrected chi connectivity index (χ1v) is 4.47. The standard InChI is InChI=1S/C9H19NO/c1-4-9(5-2)7-10(6-3)8-11/h8-9H,4-7H2,1-3H3. The zero-order chi connectivity index (χ0) is 8.69. The van der Waals surface area contributed by atoms with Gasteiger partial charge in [0.1, 0.15) is 0 Å². The molecule has 66 valence electrons. The highest BCUT2D eigenvalue weighted by Gasteiger charge is 2.06. The molecule has 0 fully saturated rings. The molecular formula is C9H19NO. The lowest BCUT2D eigenvalue weighted by molar-refractivity contribution is -0.118. The summed E-state index contributed by atoms with van der Waals surface area (Å²) < 4.78 is 0. The maximum atomic E-state index is 10.4. The van der Waals surface area contributed by atoms with Crippen molar-refractivity contribution in [2.75, 3.05) is 13.1 Å². The van der Waals surface area contributed by atoms with Crippen LogP contribution in [0.1, 0.15) is 33.6 Å². The summed E-state index contributed by atoms with van der Waals surface area (Å²) in [5.74, 6) is 0.681. The summed E-state index contributed by atoms with van der Waals surface area (Å²) in [5, 5.41) is 0. The largest absolute Gasteiger partial charge is 0.345 e. The molecule has 2 nitrogen and oxygen atoms in total. The lowest BCUT2D eigenvalue weighted by Crippen LogP contribution is -2.27. The molecule has 0 heterocycles. The van der Waals surface area contributed by atoms with Gasteiger partial charge >= 0.3 is 0 Å². The number of carbonyl (C=O) groups excluding carboxylic acids is 1. The normalized spacial score (nSPS) is 10.2. The van der Waals surface area contributed by atoms with E-state index in [0.29, 0.717) is 5.92 Å². The Kier molecular flexibility index (Phi) is 5.90. The van der Waals surface area contributed by atoms with Crippen molar-refractivity contribution in [3.05, 3.63) is 0 Å². The van der Waals surface area contributed by atoms with Gasteiger partial charge in [0, 0.05) is 13.1 Å². The first kappa shape index (κ1) is 10.5. The minimum Gasteiger partial charge on any atom is -0.345 e. The summed E-state index contributed by atoms with van der Waals surface area (Å²) in [5.41, 5.74) is 0. The van der Waals surface area contributed by atoms with Crippen LogP contribution in [0.15, 0.2) is 0 Å². The summed E-state index contributed by atoms with van der Waals surface area (Å²) >= 11 is 0. The molecule has 0 unspecified atom stereocenters. The quantitative estimate of drug-likeness (QED) is 0.539. The van der Waals surface area contributed by atoms with Gasteiger partial charge in [-0.1, -0.05) is 26.7 Å². The van der Waals surface area contributed by atoms with Crippen molar-refractivity contribution in [2.24, 2.45) is 5.92 Å². The van der Waals surface area contributed by atoms with Crippen molar-refractivity contribution in [3.63, 3.8) is 0 Å². The van der Waals surface area contributed by atoms with Crippen LogP contribution in [0.5, 0.6) is 0 Å². The molecule has 0 aliphatic heterocycles. The fourth-order valence-corrected chi connectivity index (χ4v) is 1.13. The summed E-state index contributed by atoms with van der Waals surface area (Å²) in [6.45, 7) is 8.11. The predicted octanol–water partition coefficient (Wildman–Crippen LogP) is 1.90. The third-order valence-electron chi connectivity index (χ3n) is 2.20. The van der Waals surface area contributed by atoms with E-state index in [9.17, 15) is 4.79 Å². The Bertz CT molecular complexity index is 99.7. The SMILES string of the molecule is CCC(CC)CN(C=O)CC. The summed E-state index contributed by atoms with van der Waals surface area (Å²) in [6, 6.07) is 0. The van der Waals surface area contributed by atoms with Crippen LogP contribution in [0, 0.1) is 5.92 Å². The second-order valence-corrected chi connectivity index (χ2v) is 2.88. The smallest absolute Gasteiger partial charge is 0.209 e. The zero-order valence-corrected chi connectivity index (χ0v) is 7.84. The van der Waals surface area contributed by atoms with Gasteiger partial charge in [-0.05, 0) is 12.8 Å². The van der Waals surface area contributed by atoms with Gasteiger partial charge in [0.05, 0.1) is 0 Å². The van der Waals surface area contributed by atoms with Gasteiger partial charge in [0.15, 0.2) is 0 Å². The highest BCUT2D eigenvalue weighted by Crippen LogP contribution is 2.08. The summed E-state index contributed by atoms with van der Waals surface area (Å²) in [6.07, 6.45) is 3.28. The van der Waals surface area contributed by atoms with Gasteiger partial charge in [-0.3, -0.25) is 4.79 Å². The Hall–Kier alpha value is -0.530. The van der Waals surface area contributed by atoms with Crippen LogP contribution in [-0.2, 0) is 4.79 Å². The Labute approximate surface area is 69.6 Å². The summed E-state index contributed by atoms with van der Waals surface area (Å²) in [4.78, 5) is 12.3. The van der Waals surface area contributed by atoms with Gasteiger partial charge in [0.2, 0.25) is 6.41 Å². The Balaban J connectivity index is 3.67. The van der Waals surface area contributed by atoms with Crippen molar-refractivity contribution in [1.82, 2.24) is 4.90 Å². The van der Waals surface area contributed by atoms with Gasteiger partial charge in [-0.15, -0.1) is 0 Å². The number of hydrogen-bond acceptors (Lipinski definition) is 1. The second kappa shape index (κ2) is 6.20. The Morgan fingerprint density at radius 2 is 1.82 bits per heavy atom. The van der Waals surface area contributed by atoms with Crippen molar-refractivity contribution >= 4 is 6.41 Å². The summed E-state index contributed by atoms with van der Waals surface area (Å²) in [7, 11) is 0. The van der Waals surface area contributed by atoms with Crippen molar-refractivity contribution in [1.29, 1.82) is 0 Å². The van der Waals surface area contributed by atoms with E-state index in [4.69, 9.17) is 0 Å². The van der Waals surface area contributed by atoms with Crippen molar-refractivity contribution in [2.45, 2.75) is 33.6 Å². The molecular weight excluding hydrogens is 138 g/mol. The van der Waals surface area contributed by atoms with Crippen LogP contribution in [0.4, 0.5) is 0 Å². The molecule has 0 aromatic rings. The molecule has 0 atom stereocenters. The van der Waals surface area contributed by atoms with E-state index in [-0.39, 0.29) is 0 Å². The van der Waals surface area contributed by atoms with E-state index >= 15 is 0 Å². The maximum absolute atomic E-state index is 10.4. The molecule has 11 heavy (non-hydrogen) atoms. The van der Waals surface area contributed by atoms with Crippen LogP contribution >= 0.6 is 0 Å². The Morgan fingerprint density at radius 3 is 2.09 bits per heavy atom. The molecule has 1 amide bonds. The van der Waals surface area contributed by atoms with Gasteiger partial charge < -0.3 is 4.90 Å². The number of nitrogens with zero attached hydrogens (tertiary/aromatic N) is 1. The molecule has 0 aliphatic rings. The molecule has 0 N–H and O–H groups in total. The third kappa shape index (κ3) is 4.02. The maximum Gasteiger partial charge on any atom is 0.209 e. The fraction of sp³-hybridized carbons (Fsp3) is 0.889. The number of carbonyl (C=O) groups is 1. The number of amides is 1. The van der Waals surface area contributed by atoms with Crippen molar-refractivity contribution in [3.8, 4) is 0 Å². The van der Waals surface area contributed by atoms with Crippen LogP contribution in [0.25, 0.3) is 0 Å². The topological polar surface area (TPSA) is 20.3 Å². The lowest BCUT2D eigenvalue weighted by Gasteiger charge is -2.20. The molecule has 0 aliphatic carbocycles. The molecule has 0 saturated heterocycles. The minimum absolute atomic E-state index is 0.681. The van der Waals surface area contributed by atoms with E-state index in [1.165, 1.54) is 12.8 Å². The first-order valence-electron chi connectivity index (χ1n) is 4.47. The molecule has 0 radical (unpaired) electrons. The van der Waals surface area contributed by atoms with Crippen LogP contribution in [0.3, 0.4) is 0 Å². The van der Waals surface area contributed by atoms with Gasteiger partial charge in [-0.2, -0.15) is 0 Å². The van der Waals surface area contributed by atoms with Crippen LogP contribution < -0.4 is 0 Å². The highest BCUT2D eigenvalue weighted by atomic mass is 16.1. The molecule has 0 saturated carbocycles. The average Bonchev–Trinajstić information content (AvgIpc) is 2.07. The average molecular weight is 157 g/mol. The highest BCUT2D eigenvalue weighted by molar-refractivity contribution is 5.46. The monoisotopic (exact) mass is 157 g/mol. The lowest BCUT2D eigenvalue weighted by atomic mass is 10.0. The van der Waals surface area contributed by atoms with E-state index < -0.39 is 0 Å². The minimum atomic E-state index is 0.681. The molecule has 2 heteroatoms. The van der Waals surface area contributed by atoms with Crippen LogP contribution in [0.2, 0.25) is 0 Å². The van der Waals surface area contributed by atoms with E-state index in [0.717, 1.165) is 19.5 Å². The van der Waals surface area contributed by atoms with Gasteiger partial charge in [-0.25, -0.2) is 0 Å². The number of hydrogen-bond donors (Lipinski definition) is 0. The van der Waals surface area contributed by atoms with E-state index in [1.807, 2.05) is 11.8 Å². The fourth-order valence-electron chi connectivity index (χ4n) is 1.13. The molecule has 0 bridgehead atoms. The molecule has 0 rings (SSSR count). The van der Waals surface area contributed by atoms with Crippen LogP contribution in [-0.4, -0.2) is 24.4 Å². The first-order chi connectivity index (χ1) is 5.28. The van der Waals surface area contributed by atoms with Crippen molar-refractivity contribution < 1.29 is 4.79 Å². The third-order valence-corrected chi connectivity index (χ3v) is 2.20. The zero-order valence-electron chi connectivity index (χ0n) is 7.84.